The first-order chi connectivity index (χ1) is 9.37. The van der Waals surface area contributed by atoms with E-state index >= 15 is 0 Å². The average molecular weight is 284 g/mol. The summed E-state index contributed by atoms with van der Waals surface area (Å²) in [5.74, 6) is 1.98. The van der Waals surface area contributed by atoms with Crippen LogP contribution in [0, 0.1) is 5.92 Å². The van der Waals surface area contributed by atoms with Gasteiger partial charge in [0.25, 0.3) is 0 Å². The predicted octanol–water partition coefficient (Wildman–Crippen LogP) is 2.81. The highest BCUT2D eigenvalue weighted by Crippen LogP contribution is 2.47. The number of hydrogen-bond donors (Lipinski definition) is 2. The standard InChI is InChI=1S/C13H18O3.CH2O3/c1-9(2)13(8-16-13)10-5-6-11(14-3)12(7-10)15-4;2-1(3)4/h5-7,9H,8H2,1-4H3;(H2,2,3,4). The number of carboxylic acid groups (broad SMARTS) is 2. The summed E-state index contributed by atoms with van der Waals surface area (Å²) in [6.45, 7) is 5.13. The van der Waals surface area contributed by atoms with Crippen LogP contribution in [0.1, 0.15) is 19.4 Å². The molecule has 0 aliphatic carbocycles. The Balaban J connectivity index is 0.000000444. The van der Waals surface area contributed by atoms with E-state index < -0.39 is 6.16 Å². The topological polar surface area (TPSA) is 88.5 Å². The molecule has 20 heavy (non-hydrogen) atoms. The molecule has 0 aromatic heterocycles. The van der Waals surface area contributed by atoms with Crippen molar-refractivity contribution in [1.29, 1.82) is 0 Å². The van der Waals surface area contributed by atoms with Gasteiger partial charge in [0.05, 0.1) is 20.8 Å². The quantitative estimate of drug-likeness (QED) is 0.826. The van der Waals surface area contributed by atoms with E-state index in [0.29, 0.717) is 5.92 Å². The first kappa shape index (κ1) is 16.1. The first-order valence-electron chi connectivity index (χ1n) is 6.15. The van der Waals surface area contributed by atoms with Gasteiger partial charge in [-0.1, -0.05) is 19.9 Å². The van der Waals surface area contributed by atoms with Crippen LogP contribution in [0.2, 0.25) is 0 Å². The normalized spacial score (nSPS) is 19.9. The zero-order valence-corrected chi connectivity index (χ0v) is 12.0. The molecule has 1 heterocycles. The van der Waals surface area contributed by atoms with Gasteiger partial charge in [0.15, 0.2) is 11.5 Å². The molecule has 0 saturated carbocycles. The molecule has 0 amide bonds. The van der Waals surface area contributed by atoms with Crippen molar-refractivity contribution < 1.29 is 29.2 Å². The van der Waals surface area contributed by atoms with Crippen LogP contribution in [0.3, 0.4) is 0 Å². The highest BCUT2D eigenvalue weighted by atomic mass is 16.6. The van der Waals surface area contributed by atoms with Crippen molar-refractivity contribution in [3.8, 4) is 11.5 Å². The van der Waals surface area contributed by atoms with Crippen LogP contribution < -0.4 is 9.47 Å². The second-order valence-corrected chi connectivity index (χ2v) is 4.69. The van der Waals surface area contributed by atoms with Crippen molar-refractivity contribution >= 4 is 6.16 Å². The number of epoxide rings is 1. The lowest BCUT2D eigenvalue weighted by Gasteiger charge is -2.18. The number of carbonyl (C=O) groups is 1. The first-order valence-corrected chi connectivity index (χ1v) is 6.15. The number of ether oxygens (including phenoxy) is 3. The third-order valence-electron chi connectivity index (χ3n) is 3.26. The molecule has 1 aromatic carbocycles. The Labute approximate surface area is 117 Å². The van der Waals surface area contributed by atoms with Gasteiger partial charge in [-0.2, -0.15) is 0 Å². The second-order valence-electron chi connectivity index (χ2n) is 4.69. The van der Waals surface area contributed by atoms with Crippen molar-refractivity contribution in [3.63, 3.8) is 0 Å². The van der Waals surface area contributed by atoms with Gasteiger partial charge in [-0.3, -0.25) is 0 Å². The van der Waals surface area contributed by atoms with Crippen molar-refractivity contribution in [2.75, 3.05) is 20.8 Å². The molecule has 0 radical (unpaired) electrons. The summed E-state index contributed by atoms with van der Waals surface area (Å²) in [5, 5.41) is 13.9. The maximum Gasteiger partial charge on any atom is 0.503 e. The zero-order chi connectivity index (χ0) is 15.3. The average Bonchev–Trinajstić information content (AvgIpc) is 3.18. The molecule has 0 spiro atoms. The molecule has 1 atom stereocenters. The molecule has 1 aromatic rings. The van der Waals surface area contributed by atoms with E-state index in [1.807, 2.05) is 18.2 Å². The summed E-state index contributed by atoms with van der Waals surface area (Å²) >= 11 is 0. The summed E-state index contributed by atoms with van der Waals surface area (Å²) < 4.78 is 16.1. The minimum Gasteiger partial charge on any atom is -0.493 e. The van der Waals surface area contributed by atoms with Gasteiger partial charge < -0.3 is 24.4 Å². The molecular formula is C14H20O6. The van der Waals surface area contributed by atoms with E-state index in [9.17, 15) is 0 Å². The van der Waals surface area contributed by atoms with Gasteiger partial charge in [-0.05, 0) is 23.6 Å². The number of benzene rings is 1. The van der Waals surface area contributed by atoms with Crippen molar-refractivity contribution in [3.05, 3.63) is 23.8 Å². The Kier molecular flexibility index (Phi) is 5.21. The fraction of sp³-hybridized carbons (Fsp3) is 0.500. The van der Waals surface area contributed by atoms with Crippen molar-refractivity contribution in [2.24, 2.45) is 5.92 Å². The van der Waals surface area contributed by atoms with Gasteiger partial charge in [-0.15, -0.1) is 0 Å². The fourth-order valence-electron chi connectivity index (χ4n) is 2.01. The summed E-state index contributed by atoms with van der Waals surface area (Å²) in [7, 11) is 3.29. The van der Waals surface area contributed by atoms with E-state index in [-0.39, 0.29) is 5.60 Å². The molecule has 0 bridgehead atoms. The molecule has 1 aliphatic heterocycles. The molecule has 1 unspecified atom stereocenters. The summed E-state index contributed by atoms with van der Waals surface area (Å²) in [5.41, 5.74) is 1.06. The number of hydrogen-bond acceptors (Lipinski definition) is 4. The lowest BCUT2D eigenvalue weighted by Crippen LogP contribution is -2.16. The zero-order valence-electron chi connectivity index (χ0n) is 12.0. The molecule has 2 N–H and O–H groups in total. The summed E-state index contributed by atoms with van der Waals surface area (Å²) in [6, 6.07) is 5.99. The van der Waals surface area contributed by atoms with Gasteiger partial charge >= 0.3 is 6.16 Å². The Morgan fingerprint density at radius 3 is 2.10 bits per heavy atom. The summed E-state index contributed by atoms with van der Waals surface area (Å²) in [6.07, 6.45) is -1.83. The van der Waals surface area contributed by atoms with Crippen LogP contribution >= 0.6 is 0 Å². The van der Waals surface area contributed by atoms with Gasteiger partial charge in [0, 0.05) is 0 Å². The molecular weight excluding hydrogens is 264 g/mol. The van der Waals surface area contributed by atoms with Gasteiger partial charge in [0.1, 0.15) is 5.60 Å². The van der Waals surface area contributed by atoms with Crippen LogP contribution in [0.15, 0.2) is 18.2 Å². The van der Waals surface area contributed by atoms with Crippen LogP contribution in [-0.2, 0) is 10.3 Å². The van der Waals surface area contributed by atoms with E-state index in [0.717, 1.165) is 18.1 Å². The number of rotatable bonds is 4. The van der Waals surface area contributed by atoms with E-state index in [2.05, 4.69) is 13.8 Å². The van der Waals surface area contributed by atoms with E-state index in [1.54, 1.807) is 14.2 Å². The Hall–Kier alpha value is -1.95. The lowest BCUT2D eigenvalue weighted by atomic mass is 9.89. The Morgan fingerprint density at radius 2 is 1.75 bits per heavy atom. The third kappa shape index (κ3) is 3.54. The molecule has 112 valence electrons. The Bertz CT molecular complexity index is 461. The molecule has 2 rings (SSSR count). The van der Waals surface area contributed by atoms with Crippen molar-refractivity contribution in [1.82, 2.24) is 0 Å². The maximum absolute atomic E-state index is 8.56. The van der Waals surface area contributed by atoms with E-state index in [1.165, 1.54) is 5.56 Å². The Morgan fingerprint density at radius 1 is 1.25 bits per heavy atom. The minimum atomic E-state index is -1.83. The monoisotopic (exact) mass is 284 g/mol. The number of methoxy groups -OCH3 is 2. The molecule has 6 heteroatoms. The van der Waals surface area contributed by atoms with Gasteiger partial charge in [0.2, 0.25) is 0 Å². The van der Waals surface area contributed by atoms with Crippen LogP contribution in [-0.4, -0.2) is 37.2 Å². The predicted molar refractivity (Wildman–Crippen MR) is 72.7 cm³/mol. The minimum absolute atomic E-state index is 0.112. The molecule has 1 aliphatic rings. The van der Waals surface area contributed by atoms with Crippen LogP contribution in [0.5, 0.6) is 11.5 Å². The summed E-state index contributed by atoms with van der Waals surface area (Å²) in [4.78, 5) is 8.56. The smallest absolute Gasteiger partial charge is 0.493 e. The SMILES string of the molecule is COc1ccc(C2(C(C)C)CO2)cc1OC.O=C(O)O. The van der Waals surface area contributed by atoms with Crippen LogP contribution in [0.4, 0.5) is 4.79 Å². The van der Waals surface area contributed by atoms with Crippen molar-refractivity contribution in [2.45, 2.75) is 19.4 Å². The fourth-order valence-corrected chi connectivity index (χ4v) is 2.01. The molecule has 6 nitrogen and oxygen atoms in total. The van der Waals surface area contributed by atoms with E-state index in [4.69, 9.17) is 29.2 Å². The molecule has 1 saturated heterocycles. The maximum atomic E-state index is 8.56. The largest absolute Gasteiger partial charge is 0.503 e. The lowest BCUT2D eigenvalue weighted by molar-refractivity contribution is 0.137. The van der Waals surface area contributed by atoms with Gasteiger partial charge in [-0.25, -0.2) is 4.79 Å². The highest BCUT2D eigenvalue weighted by molar-refractivity contribution is 5.53. The second kappa shape index (κ2) is 6.47. The molecule has 1 fully saturated rings. The third-order valence-corrected chi connectivity index (χ3v) is 3.26. The highest BCUT2D eigenvalue weighted by Gasteiger charge is 2.49. The van der Waals surface area contributed by atoms with Crippen LogP contribution in [0.25, 0.3) is 0 Å².